The van der Waals surface area contributed by atoms with Crippen LogP contribution < -0.4 is 21.7 Å². The molecule has 0 saturated heterocycles. The molecule has 2 atom stereocenters. The summed E-state index contributed by atoms with van der Waals surface area (Å²) in [4.78, 5) is 61.8. The number of rotatable bonds is 12. The molecule has 12 nitrogen and oxygen atoms in total. The number of H-pyrrole nitrogens is 1. The van der Waals surface area contributed by atoms with E-state index in [0.717, 1.165) is 10.9 Å². The smallest absolute Gasteiger partial charge is 0.322 e. The molecule has 0 aliphatic rings. The molecule has 0 spiro atoms. The Morgan fingerprint density at radius 2 is 1.69 bits per heavy atom. The lowest BCUT2D eigenvalue weighted by atomic mass is 10.0. The van der Waals surface area contributed by atoms with Crippen molar-refractivity contribution in [2.45, 2.75) is 31.3 Å². The van der Waals surface area contributed by atoms with Gasteiger partial charge in [-0.05, 0) is 18.1 Å². The monoisotopic (exact) mass is 447 g/mol. The topological polar surface area (TPSA) is 204 Å². The van der Waals surface area contributed by atoms with Gasteiger partial charge in [-0.25, -0.2) is 0 Å². The third-order valence-corrected chi connectivity index (χ3v) is 4.63. The molecule has 0 bridgehead atoms. The minimum absolute atomic E-state index is 0.0255. The lowest BCUT2D eigenvalue weighted by molar-refractivity contribution is -0.138. The van der Waals surface area contributed by atoms with Crippen molar-refractivity contribution in [2.24, 2.45) is 5.73 Å². The number of nitrogens with two attached hydrogens (primary N) is 1. The van der Waals surface area contributed by atoms with Crippen LogP contribution in [-0.2, 0) is 30.4 Å². The molecule has 1 heterocycles. The third-order valence-electron chi connectivity index (χ3n) is 4.63. The van der Waals surface area contributed by atoms with Crippen molar-refractivity contribution in [3.63, 3.8) is 0 Å². The Morgan fingerprint density at radius 1 is 0.969 bits per heavy atom. The van der Waals surface area contributed by atoms with Gasteiger partial charge in [-0.3, -0.25) is 24.0 Å². The molecular formula is C20H25N5O7. The fourth-order valence-electron chi connectivity index (χ4n) is 3.08. The van der Waals surface area contributed by atoms with Crippen LogP contribution in [0.5, 0.6) is 0 Å². The largest absolute Gasteiger partial charge is 0.481 e. The van der Waals surface area contributed by atoms with Crippen LogP contribution in [0.15, 0.2) is 30.5 Å². The van der Waals surface area contributed by atoms with Gasteiger partial charge in [0.05, 0.1) is 6.54 Å². The third kappa shape index (κ3) is 7.09. The zero-order valence-corrected chi connectivity index (χ0v) is 17.1. The number of aromatic nitrogens is 1. The van der Waals surface area contributed by atoms with Crippen molar-refractivity contribution in [3.8, 4) is 0 Å². The normalized spacial score (nSPS) is 12.5. The van der Waals surface area contributed by atoms with Crippen LogP contribution in [0.1, 0.15) is 18.4 Å². The van der Waals surface area contributed by atoms with Crippen LogP contribution in [0.25, 0.3) is 10.9 Å². The maximum Gasteiger partial charge on any atom is 0.322 e. The van der Waals surface area contributed by atoms with Gasteiger partial charge < -0.3 is 36.9 Å². The molecule has 0 saturated carbocycles. The molecule has 0 fully saturated rings. The minimum Gasteiger partial charge on any atom is -0.481 e. The highest BCUT2D eigenvalue weighted by atomic mass is 16.4. The van der Waals surface area contributed by atoms with E-state index in [1.165, 1.54) is 0 Å². The number of benzene rings is 1. The number of amides is 3. The molecule has 1 aromatic heterocycles. The molecule has 8 N–H and O–H groups in total. The Hall–Kier alpha value is -3.93. The molecule has 2 unspecified atom stereocenters. The molecule has 1 aromatic carbocycles. The van der Waals surface area contributed by atoms with E-state index >= 15 is 0 Å². The Labute approximate surface area is 182 Å². The average Bonchev–Trinajstić information content (AvgIpc) is 3.16. The number of hydrogen-bond acceptors (Lipinski definition) is 6. The second-order valence-corrected chi connectivity index (χ2v) is 6.99. The van der Waals surface area contributed by atoms with E-state index in [0.29, 0.717) is 5.56 Å². The van der Waals surface area contributed by atoms with Gasteiger partial charge in [0.2, 0.25) is 17.7 Å². The molecule has 2 aromatic rings. The molecular weight excluding hydrogens is 422 g/mol. The number of aromatic amines is 1. The van der Waals surface area contributed by atoms with Crippen LogP contribution in [0.3, 0.4) is 0 Å². The van der Waals surface area contributed by atoms with E-state index in [1.807, 2.05) is 24.3 Å². The standard InChI is InChI=1S/C20H25N5O7/c21-8-16(26)24-14(5-6-17(27)28)20(32)25-15(19(31)23-10-18(29)30)7-11-9-22-13-4-2-1-3-12(11)13/h1-4,9,14-15,22H,5-8,10,21H2,(H,23,31)(H,24,26)(H,25,32)(H,27,28)(H,29,30). The molecule has 0 aliphatic heterocycles. The first-order valence-electron chi connectivity index (χ1n) is 9.77. The Kier molecular flexibility index (Phi) is 8.72. The van der Waals surface area contributed by atoms with Crippen LogP contribution in [0.4, 0.5) is 0 Å². The zero-order chi connectivity index (χ0) is 23.7. The van der Waals surface area contributed by atoms with E-state index in [9.17, 15) is 24.0 Å². The van der Waals surface area contributed by atoms with Crippen LogP contribution in [0, 0.1) is 0 Å². The van der Waals surface area contributed by atoms with Crippen LogP contribution >= 0.6 is 0 Å². The first-order chi connectivity index (χ1) is 15.2. The van der Waals surface area contributed by atoms with Crippen LogP contribution in [-0.4, -0.2) is 70.0 Å². The molecule has 172 valence electrons. The van der Waals surface area contributed by atoms with Gasteiger partial charge in [-0.2, -0.15) is 0 Å². The van der Waals surface area contributed by atoms with Gasteiger partial charge in [0.15, 0.2) is 0 Å². The van der Waals surface area contributed by atoms with Gasteiger partial charge >= 0.3 is 11.9 Å². The number of para-hydroxylation sites is 1. The lowest BCUT2D eigenvalue weighted by Crippen LogP contribution is -2.55. The number of carboxylic acid groups (broad SMARTS) is 2. The minimum atomic E-state index is -1.26. The summed E-state index contributed by atoms with van der Waals surface area (Å²) in [5, 5.41) is 25.6. The number of fused-ring (bicyclic) bond motifs is 1. The van der Waals surface area contributed by atoms with Crippen LogP contribution in [0.2, 0.25) is 0 Å². The lowest BCUT2D eigenvalue weighted by Gasteiger charge is -2.22. The maximum absolute atomic E-state index is 12.8. The second-order valence-electron chi connectivity index (χ2n) is 6.99. The van der Waals surface area contributed by atoms with Crippen molar-refractivity contribution in [2.75, 3.05) is 13.1 Å². The number of carbonyl (C=O) groups is 5. The predicted molar refractivity (Wildman–Crippen MR) is 112 cm³/mol. The molecule has 3 amide bonds. The summed E-state index contributed by atoms with van der Waals surface area (Å²) in [7, 11) is 0. The Balaban J connectivity index is 2.23. The summed E-state index contributed by atoms with van der Waals surface area (Å²) in [6, 6.07) is 4.88. The van der Waals surface area contributed by atoms with Crippen molar-refractivity contribution in [1.29, 1.82) is 0 Å². The van der Waals surface area contributed by atoms with Crippen molar-refractivity contribution >= 4 is 40.6 Å². The fraction of sp³-hybridized carbons (Fsp3) is 0.350. The van der Waals surface area contributed by atoms with Gasteiger partial charge in [0.1, 0.15) is 18.6 Å². The summed E-state index contributed by atoms with van der Waals surface area (Å²) in [6.07, 6.45) is 1.08. The van der Waals surface area contributed by atoms with Crippen molar-refractivity contribution in [1.82, 2.24) is 20.9 Å². The van der Waals surface area contributed by atoms with E-state index in [-0.39, 0.29) is 12.8 Å². The van der Waals surface area contributed by atoms with Gasteiger partial charge in [0, 0.05) is 29.9 Å². The zero-order valence-electron chi connectivity index (χ0n) is 17.1. The summed E-state index contributed by atoms with van der Waals surface area (Å²) < 4.78 is 0. The highest BCUT2D eigenvalue weighted by molar-refractivity contribution is 5.94. The Morgan fingerprint density at radius 3 is 2.34 bits per heavy atom. The SMILES string of the molecule is NCC(=O)NC(CCC(=O)O)C(=O)NC(Cc1c[nH]c2ccccc12)C(=O)NCC(=O)O. The number of hydrogen-bond donors (Lipinski definition) is 7. The van der Waals surface area contributed by atoms with Crippen molar-refractivity contribution < 1.29 is 34.2 Å². The van der Waals surface area contributed by atoms with E-state index < -0.39 is 61.3 Å². The Bertz CT molecular complexity index is 1000. The molecule has 0 aliphatic carbocycles. The van der Waals surface area contributed by atoms with Gasteiger partial charge in [-0.15, -0.1) is 0 Å². The molecule has 2 rings (SSSR count). The van der Waals surface area contributed by atoms with Crippen molar-refractivity contribution in [3.05, 3.63) is 36.0 Å². The second kappa shape index (κ2) is 11.5. The highest BCUT2D eigenvalue weighted by Gasteiger charge is 2.28. The molecule has 0 radical (unpaired) electrons. The highest BCUT2D eigenvalue weighted by Crippen LogP contribution is 2.19. The first-order valence-corrected chi connectivity index (χ1v) is 9.77. The van der Waals surface area contributed by atoms with E-state index in [1.54, 1.807) is 6.20 Å². The van der Waals surface area contributed by atoms with E-state index in [4.69, 9.17) is 15.9 Å². The summed E-state index contributed by atoms with van der Waals surface area (Å²) in [5.41, 5.74) is 6.77. The maximum atomic E-state index is 12.8. The summed E-state index contributed by atoms with van der Waals surface area (Å²) in [5.74, 6) is -4.63. The number of aliphatic carboxylic acids is 2. The number of nitrogens with one attached hydrogen (secondary N) is 4. The molecule has 32 heavy (non-hydrogen) atoms. The summed E-state index contributed by atoms with van der Waals surface area (Å²) in [6.45, 7) is -1.06. The van der Waals surface area contributed by atoms with Gasteiger partial charge in [-0.1, -0.05) is 18.2 Å². The number of carboxylic acids is 2. The number of carbonyl (C=O) groups excluding carboxylic acids is 3. The first kappa shape index (κ1) is 24.3. The molecule has 12 heteroatoms. The average molecular weight is 447 g/mol. The quantitative estimate of drug-likeness (QED) is 0.208. The predicted octanol–water partition coefficient (Wildman–Crippen LogP) is -1.30. The van der Waals surface area contributed by atoms with Gasteiger partial charge in [0.25, 0.3) is 0 Å². The fourth-order valence-corrected chi connectivity index (χ4v) is 3.08. The van der Waals surface area contributed by atoms with E-state index in [2.05, 4.69) is 20.9 Å². The summed E-state index contributed by atoms with van der Waals surface area (Å²) >= 11 is 0.